The van der Waals surface area contributed by atoms with Crippen molar-refractivity contribution < 1.29 is 19.4 Å². The third-order valence-electron chi connectivity index (χ3n) is 8.78. The molecule has 43 heavy (non-hydrogen) atoms. The number of hydrogen-bond donors (Lipinski definition) is 1. The molecule has 1 amide bonds. The van der Waals surface area contributed by atoms with Crippen LogP contribution < -0.4 is 9.64 Å². The number of piperidine rings is 1. The van der Waals surface area contributed by atoms with Crippen LogP contribution in [-0.2, 0) is 25.0 Å². The highest BCUT2D eigenvalue weighted by molar-refractivity contribution is 7.14. The number of aliphatic carboxylic acids is 1. The van der Waals surface area contributed by atoms with E-state index in [0.29, 0.717) is 18.7 Å². The van der Waals surface area contributed by atoms with Gasteiger partial charge < -0.3 is 19.6 Å². The van der Waals surface area contributed by atoms with E-state index in [2.05, 4.69) is 28.4 Å². The summed E-state index contributed by atoms with van der Waals surface area (Å²) in [6.45, 7) is 6.35. The number of ether oxygens (including phenoxy) is 1. The van der Waals surface area contributed by atoms with Crippen molar-refractivity contribution in [3.8, 4) is 17.0 Å². The van der Waals surface area contributed by atoms with E-state index in [4.69, 9.17) is 9.72 Å². The molecule has 2 aromatic heterocycles. The van der Waals surface area contributed by atoms with Crippen LogP contribution >= 0.6 is 11.3 Å². The van der Waals surface area contributed by atoms with Gasteiger partial charge in [-0.15, -0.1) is 11.3 Å². The van der Waals surface area contributed by atoms with Gasteiger partial charge >= 0.3 is 5.97 Å². The van der Waals surface area contributed by atoms with Gasteiger partial charge in [-0.1, -0.05) is 17.7 Å². The van der Waals surface area contributed by atoms with E-state index in [1.165, 1.54) is 0 Å². The van der Waals surface area contributed by atoms with E-state index in [1.54, 1.807) is 28.0 Å². The molecule has 1 saturated heterocycles. The van der Waals surface area contributed by atoms with Crippen LogP contribution in [0.2, 0.25) is 0 Å². The van der Waals surface area contributed by atoms with E-state index in [-0.39, 0.29) is 23.7 Å². The lowest BCUT2D eigenvalue weighted by Gasteiger charge is -2.35. The Hall–Kier alpha value is -4.18. The summed E-state index contributed by atoms with van der Waals surface area (Å²) in [7, 11) is 3.65. The molecule has 9 nitrogen and oxygen atoms in total. The number of carboxylic acids is 1. The predicted octanol–water partition coefficient (Wildman–Crippen LogP) is 5.56. The van der Waals surface area contributed by atoms with Gasteiger partial charge in [0.05, 0.1) is 23.9 Å². The first-order valence-electron chi connectivity index (χ1n) is 14.7. The number of carboxylic acid groups (broad SMARTS) is 1. The van der Waals surface area contributed by atoms with Crippen molar-refractivity contribution in [1.29, 1.82) is 0 Å². The van der Waals surface area contributed by atoms with Crippen molar-refractivity contribution in [1.82, 2.24) is 19.7 Å². The molecule has 0 spiro atoms. The summed E-state index contributed by atoms with van der Waals surface area (Å²) in [5, 5.41) is 17.1. The number of hydrogen-bond acceptors (Lipinski definition) is 7. The average Bonchev–Trinajstić information content (AvgIpc) is 3.70. The fourth-order valence-electron chi connectivity index (χ4n) is 6.51. The number of benzene rings is 2. The summed E-state index contributed by atoms with van der Waals surface area (Å²) in [5.41, 5.74) is 6.38. The monoisotopic (exact) mass is 599 g/mol. The van der Waals surface area contributed by atoms with Gasteiger partial charge in [0, 0.05) is 49.9 Å². The molecule has 3 heterocycles. The maximum Gasteiger partial charge on any atom is 0.307 e. The molecule has 1 N–H and O–H groups in total. The highest BCUT2D eigenvalue weighted by Gasteiger charge is 2.46. The van der Waals surface area contributed by atoms with Gasteiger partial charge in [-0.3, -0.25) is 14.3 Å². The zero-order chi connectivity index (χ0) is 30.2. The first kappa shape index (κ1) is 28.9. The number of aryl methyl sites for hydroxylation is 3. The zero-order valence-corrected chi connectivity index (χ0v) is 25.8. The van der Waals surface area contributed by atoms with Crippen molar-refractivity contribution in [3.05, 3.63) is 82.0 Å². The molecule has 2 fully saturated rings. The second-order valence-corrected chi connectivity index (χ2v) is 12.8. The molecule has 1 aliphatic carbocycles. The average molecular weight is 600 g/mol. The van der Waals surface area contributed by atoms with E-state index < -0.39 is 5.97 Å². The number of rotatable bonds is 9. The molecule has 1 aliphatic heterocycles. The summed E-state index contributed by atoms with van der Waals surface area (Å²) >= 11 is 1.60. The molecule has 6 rings (SSSR count). The molecular weight excluding hydrogens is 562 g/mol. The Balaban J connectivity index is 1.14. The third kappa shape index (κ3) is 6.01. The van der Waals surface area contributed by atoms with Crippen LogP contribution in [0.3, 0.4) is 0 Å². The summed E-state index contributed by atoms with van der Waals surface area (Å²) in [5.74, 6) is 0.192. The summed E-state index contributed by atoms with van der Waals surface area (Å²) in [4.78, 5) is 33.8. The minimum absolute atomic E-state index is 0.0541. The van der Waals surface area contributed by atoms with E-state index in [9.17, 15) is 14.7 Å². The Morgan fingerprint density at radius 2 is 1.86 bits per heavy atom. The van der Waals surface area contributed by atoms with E-state index in [1.807, 2.05) is 56.6 Å². The summed E-state index contributed by atoms with van der Waals surface area (Å²) < 4.78 is 8.09. The van der Waals surface area contributed by atoms with Crippen LogP contribution in [0.1, 0.15) is 45.6 Å². The SMILES string of the molecule is Cc1ccc(OCc2ccc(C(=O)N(C)Cc3ccn(C)n3)cc2C)c(-c2csc(N3CC4CC[C@@H](C3)C4C(=O)O)n2)c1. The minimum Gasteiger partial charge on any atom is -0.488 e. The molecule has 3 atom stereocenters. The number of anilines is 1. The van der Waals surface area contributed by atoms with Gasteiger partial charge in [0.15, 0.2) is 5.13 Å². The van der Waals surface area contributed by atoms with Gasteiger partial charge in [0.2, 0.25) is 0 Å². The quantitative estimate of drug-likeness (QED) is 0.269. The number of aromatic nitrogens is 3. The lowest BCUT2D eigenvalue weighted by molar-refractivity contribution is -0.144. The molecule has 4 aromatic rings. The lowest BCUT2D eigenvalue weighted by atomic mass is 9.85. The zero-order valence-electron chi connectivity index (χ0n) is 25.0. The van der Waals surface area contributed by atoms with E-state index in [0.717, 1.165) is 70.5 Å². The summed E-state index contributed by atoms with van der Waals surface area (Å²) in [6, 6.07) is 13.8. The van der Waals surface area contributed by atoms with Crippen molar-refractivity contribution >= 4 is 28.3 Å². The number of carbonyl (C=O) groups excluding carboxylic acids is 1. The predicted molar refractivity (Wildman–Crippen MR) is 166 cm³/mol. The smallest absolute Gasteiger partial charge is 0.307 e. The van der Waals surface area contributed by atoms with Gasteiger partial charge in [0.1, 0.15) is 12.4 Å². The molecule has 2 aliphatic rings. The Morgan fingerprint density at radius 3 is 2.53 bits per heavy atom. The first-order chi connectivity index (χ1) is 20.7. The van der Waals surface area contributed by atoms with Gasteiger partial charge in [-0.2, -0.15) is 5.10 Å². The summed E-state index contributed by atoms with van der Waals surface area (Å²) in [6.07, 6.45) is 3.82. The number of thiazole rings is 1. The molecule has 0 radical (unpaired) electrons. The third-order valence-corrected chi connectivity index (χ3v) is 9.68. The highest BCUT2D eigenvalue weighted by Crippen LogP contribution is 2.44. The second-order valence-electron chi connectivity index (χ2n) is 12.0. The van der Waals surface area contributed by atoms with Gasteiger partial charge in [-0.25, -0.2) is 4.98 Å². The molecule has 1 saturated carbocycles. The number of amides is 1. The van der Waals surface area contributed by atoms with E-state index >= 15 is 0 Å². The van der Waals surface area contributed by atoms with Gasteiger partial charge in [-0.05, 0) is 80.0 Å². The van der Waals surface area contributed by atoms with Crippen LogP contribution in [-0.4, -0.2) is 56.8 Å². The Bertz CT molecular complexity index is 1650. The molecule has 2 aromatic carbocycles. The molecule has 224 valence electrons. The minimum atomic E-state index is -0.655. The highest BCUT2D eigenvalue weighted by atomic mass is 32.1. The normalized spacial score (nSPS) is 19.4. The Labute approximate surface area is 255 Å². The van der Waals surface area contributed by atoms with Gasteiger partial charge in [0.25, 0.3) is 5.91 Å². The van der Waals surface area contributed by atoms with Crippen molar-refractivity contribution in [2.24, 2.45) is 24.8 Å². The van der Waals surface area contributed by atoms with Crippen LogP contribution in [0.15, 0.2) is 54.0 Å². The number of carbonyl (C=O) groups is 2. The van der Waals surface area contributed by atoms with Crippen molar-refractivity contribution in [3.63, 3.8) is 0 Å². The largest absolute Gasteiger partial charge is 0.488 e. The van der Waals surface area contributed by atoms with Crippen molar-refractivity contribution in [2.75, 3.05) is 25.0 Å². The standard InChI is InChI=1S/C33H37N5O4S/c1-20-5-10-29(27(13-20)28-19-43-33(34-28)38-15-23-7-8-24(16-38)30(23)32(40)41)42-18-25-9-6-22(14-21(25)2)31(39)36(3)17-26-11-12-37(4)35-26/h5-6,9-14,19,23-24,30H,7-8,15-18H2,1-4H3,(H,40,41)/t23-,24?,30?/m0/s1. The lowest BCUT2D eigenvalue weighted by Crippen LogP contribution is -2.44. The first-order valence-corrected chi connectivity index (χ1v) is 15.5. The molecule has 10 heteroatoms. The number of nitrogens with zero attached hydrogens (tertiary/aromatic N) is 5. The van der Waals surface area contributed by atoms with Crippen LogP contribution in [0.4, 0.5) is 5.13 Å². The Kier molecular flexibility index (Phi) is 7.96. The van der Waals surface area contributed by atoms with Crippen LogP contribution in [0, 0.1) is 31.6 Å². The second kappa shape index (κ2) is 11.8. The fraction of sp³-hybridized carbons (Fsp3) is 0.394. The molecule has 2 bridgehead atoms. The topological polar surface area (TPSA) is 101 Å². The molecular formula is C33H37N5O4S. The van der Waals surface area contributed by atoms with Crippen molar-refractivity contribution in [2.45, 2.75) is 39.8 Å². The van der Waals surface area contributed by atoms with Crippen LogP contribution in [0.25, 0.3) is 11.3 Å². The maximum atomic E-state index is 13.1. The molecule has 2 unspecified atom stereocenters. The van der Waals surface area contributed by atoms with Crippen LogP contribution in [0.5, 0.6) is 5.75 Å². The Morgan fingerprint density at radius 1 is 1.09 bits per heavy atom. The maximum absolute atomic E-state index is 13.1. The fourth-order valence-corrected chi connectivity index (χ4v) is 7.36. The number of fused-ring (bicyclic) bond motifs is 2.